The molecule has 0 aromatic carbocycles. The number of carbonyl (C=O) groups excluding carboxylic acids is 2. The summed E-state index contributed by atoms with van der Waals surface area (Å²) in [6, 6.07) is 0.363. The number of carbonyl (C=O) groups is 2. The van der Waals surface area contributed by atoms with Crippen molar-refractivity contribution in [2.75, 3.05) is 52.5 Å². The van der Waals surface area contributed by atoms with Crippen LogP contribution in [0.15, 0.2) is 0 Å². The Morgan fingerprint density at radius 2 is 1.79 bits per heavy atom. The van der Waals surface area contributed by atoms with Crippen LogP contribution in [0.1, 0.15) is 39.0 Å². The van der Waals surface area contributed by atoms with Gasteiger partial charge in [-0.05, 0) is 45.6 Å². The first-order valence-electron chi connectivity index (χ1n) is 9.53. The van der Waals surface area contributed by atoms with E-state index in [1.54, 1.807) is 0 Å². The molecule has 2 unspecified atom stereocenters. The summed E-state index contributed by atoms with van der Waals surface area (Å²) in [6.45, 7) is 7.88. The second-order valence-electron chi connectivity index (χ2n) is 7.44. The van der Waals surface area contributed by atoms with Gasteiger partial charge in [-0.2, -0.15) is 0 Å². The summed E-state index contributed by atoms with van der Waals surface area (Å²) in [4.78, 5) is 31.5. The summed E-state index contributed by atoms with van der Waals surface area (Å²) in [6.07, 6.45) is 5.41. The van der Waals surface area contributed by atoms with Crippen LogP contribution in [0.2, 0.25) is 0 Å². The van der Waals surface area contributed by atoms with Crippen LogP contribution < -0.4 is 0 Å². The van der Waals surface area contributed by atoms with Crippen molar-refractivity contribution in [1.82, 2.24) is 14.7 Å². The molecule has 3 heterocycles. The minimum Gasteiger partial charge on any atom is -0.378 e. The number of morpholine rings is 1. The fourth-order valence-electron chi connectivity index (χ4n) is 4.19. The quantitative estimate of drug-likeness (QED) is 0.770. The molecule has 136 valence electrons. The van der Waals surface area contributed by atoms with Gasteiger partial charge in [0.15, 0.2) is 0 Å². The van der Waals surface area contributed by atoms with Crippen molar-refractivity contribution < 1.29 is 14.3 Å². The molecule has 0 aromatic rings. The van der Waals surface area contributed by atoms with Crippen LogP contribution in [0.25, 0.3) is 0 Å². The number of likely N-dealkylation sites (tertiary alicyclic amines) is 2. The summed E-state index contributed by atoms with van der Waals surface area (Å²) in [5.74, 6) is 0.534. The second kappa shape index (κ2) is 8.30. The SMILES string of the molecule is CC1CCCCN1C(=O)CN1CCCC(C(=O)N2CCOCC2)C1. The largest absolute Gasteiger partial charge is 0.378 e. The van der Waals surface area contributed by atoms with Crippen LogP contribution >= 0.6 is 0 Å². The van der Waals surface area contributed by atoms with Gasteiger partial charge in [0, 0.05) is 32.2 Å². The average Bonchev–Trinajstić information content (AvgIpc) is 2.62. The Labute approximate surface area is 145 Å². The molecule has 0 aromatic heterocycles. The van der Waals surface area contributed by atoms with Crippen molar-refractivity contribution in [3.8, 4) is 0 Å². The summed E-state index contributed by atoms with van der Waals surface area (Å²) >= 11 is 0. The molecule has 0 N–H and O–H groups in total. The highest BCUT2D eigenvalue weighted by molar-refractivity contribution is 5.80. The molecule has 0 spiro atoms. The smallest absolute Gasteiger partial charge is 0.236 e. The Balaban J connectivity index is 1.51. The molecular formula is C18H31N3O3. The molecule has 6 nitrogen and oxygen atoms in total. The second-order valence-corrected chi connectivity index (χ2v) is 7.44. The number of amides is 2. The first-order chi connectivity index (χ1) is 11.6. The number of nitrogens with zero attached hydrogens (tertiary/aromatic N) is 3. The van der Waals surface area contributed by atoms with E-state index in [4.69, 9.17) is 4.74 Å². The van der Waals surface area contributed by atoms with E-state index in [9.17, 15) is 9.59 Å². The molecule has 3 rings (SSSR count). The zero-order valence-corrected chi connectivity index (χ0v) is 14.9. The molecule has 6 heteroatoms. The molecule has 3 aliphatic heterocycles. The minimum atomic E-state index is 0.0448. The predicted octanol–water partition coefficient (Wildman–Crippen LogP) is 0.958. The van der Waals surface area contributed by atoms with Gasteiger partial charge in [0.05, 0.1) is 25.7 Å². The third-order valence-corrected chi connectivity index (χ3v) is 5.66. The lowest BCUT2D eigenvalue weighted by Gasteiger charge is -2.38. The van der Waals surface area contributed by atoms with Gasteiger partial charge >= 0.3 is 0 Å². The monoisotopic (exact) mass is 337 g/mol. The lowest BCUT2D eigenvalue weighted by Crippen LogP contribution is -2.51. The van der Waals surface area contributed by atoms with Crippen molar-refractivity contribution in [2.45, 2.75) is 45.1 Å². The van der Waals surface area contributed by atoms with Gasteiger partial charge in [0.1, 0.15) is 0 Å². The highest BCUT2D eigenvalue weighted by Gasteiger charge is 2.32. The van der Waals surface area contributed by atoms with E-state index in [-0.39, 0.29) is 17.7 Å². The highest BCUT2D eigenvalue weighted by Crippen LogP contribution is 2.21. The normalized spacial score (nSPS) is 29.5. The van der Waals surface area contributed by atoms with Crippen molar-refractivity contribution in [1.29, 1.82) is 0 Å². The van der Waals surface area contributed by atoms with E-state index < -0.39 is 0 Å². The number of hydrogen-bond acceptors (Lipinski definition) is 4. The van der Waals surface area contributed by atoms with Crippen LogP contribution in [-0.4, -0.2) is 85.0 Å². The maximum absolute atomic E-state index is 12.7. The Morgan fingerprint density at radius 1 is 1.00 bits per heavy atom. The van der Waals surface area contributed by atoms with E-state index in [1.807, 2.05) is 9.80 Å². The van der Waals surface area contributed by atoms with Gasteiger partial charge in [-0.1, -0.05) is 0 Å². The standard InChI is InChI=1S/C18H31N3O3/c1-15-5-2-3-8-21(15)17(22)14-19-7-4-6-16(13-19)18(23)20-9-11-24-12-10-20/h15-16H,2-14H2,1H3. The van der Waals surface area contributed by atoms with E-state index >= 15 is 0 Å². The van der Waals surface area contributed by atoms with Crippen LogP contribution in [0, 0.1) is 5.92 Å². The topological polar surface area (TPSA) is 53.1 Å². The molecule has 0 saturated carbocycles. The number of hydrogen-bond donors (Lipinski definition) is 0. The van der Waals surface area contributed by atoms with E-state index in [2.05, 4.69) is 11.8 Å². The Bertz CT molecular complexity index is 451. The van der Waals surface area contributed by atoms with Crippen molar-refractivity contribution in [3.05, 3.63) is 0 Å². The highest BCUT2D eigenvalue weighted by atomic mass is 16.5. The molecule has 3 aliphatic rings. The minimum absolute atomic E-state index is 0.0448. The van der Waals surface area contributed by atoms with Crippen molar-refractivity contribution in [2.24, 2.45) is 5.92 Å². The third kappa shape index (κ3) is 4.28. The number of piperidine rings is 2. The zero-order chi connectivity index (χ0) is 16.9. The van der Waals surface area contributed by atoms with Crippen molar-refractivity contribution in [3.63, 3.8) is 0 Å². The van der Waals surface area contributed by atoms with Crippen LogP contribution in [0.4, 0.5) is 0 Å². The van der Waals surface area contributed by atoms with Gasteiger partial charge < -0.3 is 14.5 Å². The molecule has 2 amide bonds. The molecular weight excluding hydrogens is 306 g/mol. The Kier molecular flexibility index (Phi) is 6.11. The van der Waals surface area contributed by atoms with E-state index in [1.165, 1.54) is 6.42 Å². The lowest BCUT2D eigenvalue weighted by atomic mass is 9.96. The Morgan fingerprint density at radius 3 is 2.54 bits per heavy atom. The molecule has 0 aliphatic carbocycles. The molecule has 3 fully saturated rings. The predicted molar refractivity (Wildman–Crippen MR) is 91.6 cm³/mol. The van der Waals surface area contributed by atoms with Crippen LogP contribution in [0.3, 0.4) is 0 Å². The maximum Gasteiger partial charge on any atom is 0.236 e. The lowest BCUT2D eigenvalue weighted by molar-refractivity contribution is -0.143. The molecule has 2 atom stereocenters. The van der Waals surface area contributed by atoms with Gasteiger partial charge in [0.2, 0.25) is 11.8 Å². The molecule has 0 radical (unpaired) electrons. The first-order valence-corrected chi connectivity index (χ1v) is 9.53. The average molecular weight is 337 g/mol. The molecule has 0 bridgehead atoms. The Hall–Kier alpha value is -1.14. The third-order valence-electron chi connectivity index (χ3n) is 5.66. The number of rotatable bonds is 3. The fourth-order valence-corrected chi connectivity index (χ4v) is 4.19. The van der Waals surface area contributed by atoms with Gasteiger partial charge in [-0.15, -0.1) is 0 Å². The zero-order valence-electron chi connectivity index (χ0n) is 14.9. The first kappa shape index (κ1) is 17.7. The van der Waals surface area contributed by atoms with Gasteiger partial charge in [-0.25, -0.2) is 0 Å². The van der Waals surface area contributed by atoms with Gasteiger partial charge in [0.25, 0.3) is 0 Å². The van der Waals surface area contributed by atoms with E-state index in [0.717, 1.165) is 45.3 Å². The number of ether oxygens (including phenoxy) is 1. The maximum atomic E-state index is 12.7. The molecule has 24 heavy (non-hydrogen) atoms. The summed E-state index contributed by atoms with van der Waals surface area (Å²) < 4.78 is 5.33. The molecule has 3 saturated heterocycles. The van der Waals surface area contributed by atoms with Gasteiger partial charge in [-0.3, -0.25) is 14.5 Å². The fraction of sp³-hybridized carbons (Fsp3) is 0.889. The van der Waals surface area contributed by atoms with Crippen LogP contribution in [-0.2, 0) is 14.3 Å². The summed E-state index contributed by atoms with van der Waals surface area (Å²) in [5.41, 5.74) is 0. The van der Waals surface area contributed by atoms with Crippen LogP contribution in [0.5, 0.6) is 0 Å². The van der Waals surface area contributed by atoms with E-state index in [0.29, 0.717) is 38.9 Å². The van der Waals surface area contributed by atoms with Crippen molar-refractivity contribution >= 4 is 11.8 Å². The summed E-state index contributed by atoms with van der Waals surface area (Å²) in [5, 5.41) is 0. The summed E-state index contributed by atoms with van der Waals surface area (Å²) in [7, 11) is 0.